The van der Waals surface area contributed by atoms with Gasteiger partial charge in [0, 0.05) is 6.54 Å². The molecule has 0 amide bonds. The van der Waals surface area contributed by atoms with E-state index in [4.69, 9.17) is 0 Å². The van der Waals surface area contributed by atoms with E-state index in [9.17, 15) is 9.59 Å². The van der Waals surface area contributed by atoms with Crippen molar-refractivity contribution in [3.05, 3.63) is 62.9 Å². The highest BCUT2D eigenvalue weighted by Gasteiger charge is 2.05. The number of hydrogen-bond acceptors (Lipinski definition) is 3. The van der Waals surface area contributed by atoms with E-state index in [0.717, 1.165) is 5.56 Å². The standard InChI is InChI=1S/C12H13N3O2/c1-2-15-12(17)14(11(16)8-13-15)9-10-6-4-3-5-7-10/h3-8H,2,9H2,1H3. The fourth-order valence-corrected chi connectivity index (χ4v) is 1.60. The van der Waals surface area contributed by atoms with Gasteiger partial charge in [0.2, 0.25) is 0 Å². The van der Waals surface area contributed by atoms with Gasteiger partial charge in [-0.15, -0.1) is 0 Å². The lowest BCUT2D eigenvalue weighted by atomic mass is 10.2. The Morgan fingerprint density at radius 3 is 2.53 bits per heavy atom. The molecule has 17 heavy (non-hydrogen) atoms. The molecule has 0 saturated heterocycles. The first-order valence-electron chi connectivity index (χ1n) is 5.43. The van der Waals surface area contributed by atoms with Gasteiger partial charge in [-0.1, -0.05) is 30.3 Å². The molecule has 0 radical (unpaired) electrons. The van der Waals surface area contributed by atoms with Gasteiger partial charge in [0.1, 0.15) is 6.20 Å². The van der Waals surface area contributed by atoms with E-state index >= 15 is 0 Å². The van der Waals surface area contributed by atoms with Gasteiger partial charge < -0.3 is 0 Å². The van der Waals surface area contributed by atoms with Crippen molar-refractivity contribution in [1.82, 2.24) is 14.3 Å². The van der Waals surface area contributed by atoms with E-state index in [1.165, 1.54) is 15.4 Å². The van der Waals surface area contributed by atoms with Crippen molar-refractivity contribution >= 4 is 0 Å². The maximum atomic E-state index is 11.9. The Labute approximate surface area is 98.0 Å². The molecule has 0 N–H and O–H groups in total. The summed E-state index contributed by atoms with van der Waals surface area (Å²) in [6.45, 7) is 2.54. The SMILES string of the molecule is CCn1ncc(=O)n(Cc2ccccc2)c1=O. The lowest BCUT2D eigenvalue weighted by Crippen LogP contribution is -2.40. The summed E-state index contributed by atoms with van der Waals surface area (Å²) in [7, 11) is 0. The van der Waals surface area contributed by atoms with Crippen LogP contribution in [0, 0.1) is 0 Å². The zero-order valence-corrected chi connectivity index (χ0v) is 9.54. The second-order valence-corrected chi connectivity index (χ2v) is 3.65. The maximum Gasteiger partial charge on any atom is 0.347 e. The Morgan fingerprint density at radius 1 is 1.18 bits per heavy atom. The van der Waals surface area contributed by atoms with E-state index in [1.54, 1.807) is 0 Å². The van der Waals surface area contributed by atoms with Crippen LogP contribution in [0.3, 0.4) is 0 Å². The van der Waals surface area contributed by atoms with Gasteiger partial charge >= 0.3 is 5.69 Å². The van der Waals surface area contributed by atoms with Gasteiger partial charge in [-0.05, 0) is 12.5 Å². The van der Waals surface area contributed by atoms with Crippen LogP contribution >= 0.6 is 0 Å². The van der Waals surface area contributed by atoms with Crippen molar-refractivity contribution in [3.63, 3.8) is 0 Å². The van der Waals surface area contributed by atoms with Crippen LogP contribution < -0.4 is 11.2 Å². The Morgan fingerprint density at radius 2 is 1.88 bits per heavy atom. The normalized spacial score (nSPS) is 10.4. The van der Waals surface area contributed by atoms with Crippen molar-refractivity contribution in [2.75, 3.05) is 0 Å². The second kappa shape index (κ2) is 4.78. The van der Waals surface area contributed by atoms with Crippen LogP contribution in [-0.4, -0.2) is 14.3 Å². The predicted molar refractivity (Wildman–Crippen MR) is 64.0 cm³/mol. The van der Waals surface area contributed by atoms with E-state index < -0.39 is 0 Å². The predicted octanol–water partition coefficient (Wildman–Crippen LogP) is 0.473. The fourth-order valence-electron chi connectivity index (χ4n) is 1.60. The Hall–Kier alpha value is -2.17. The first-order chi connectivity index (χ1) is 8.22. The molecule has 2 aromatic rings. The molecule has 0 aliphatic heterocycles. The molecule has 0 fully saturated rings. The van der Waals surface area contributed by atoms with Crippen LogP contribution in [0.25, 0.3) is 0 Å². The van der Waals surface area contributed by atoms with Crippen LogP contribution in [0.5, 0.6) is 0 Å². The first kappa shape index (κ1) is 11.3. The second-order valence-electron chi connectivity index (χ2n) is 3.65. The summed E-state index contributed by atoms with van der Waals surface area (Å²) >= 11 is 0. The fraction of sp³-hybridized carbons (Fsp3) is 0.250. The molecule has 1 aromatic carbocycles. The van der Waals surface area contributed by atoms with Crippen molar-refractivity contribution in [3.8, 4) is 0 Å². The van der Waals surface area contributed by atoms with Gasteiger partial charge in [-0.25, -0.2) is 9.48 Å². The third-order valence-corrected chi connectivity index (χ3v) is 2.51. The zero-order chi connectivity index (χ0) is 12.3. The zero-order valence-electron chi connectivity index (χ0n) is 9.54. The Balaban J connectivity index is 2.46. The van der Waals surface area contributed by atoms with Crippen LogP contribution in [0.1, 0.15) is 12.5 Å². The first-order valence-corrected chi connectivity index (χ1v) is 5.43. The van der Waals surface area contributed by atoms with Crippen molar-refractivity contribution < 1.29 is 0 Å². The monoisotopic (exact) mass is 231 g/mol. The molecule has 0 spiro atoms. The molecule has 0 atom stereocenters. The highest BCUT2D eigenvalue weighted by molar-refractivity contribution is 5.14. The third-order valence-electron chi connectivity index (χ3n) is 2.51. The minimum Gasteiger partial charge on any atom is -0.267 e. The van der Waals surface area contributed by atoms with Crippen LogP contribution in [0.15, 0.2) is 46.1 Å². The molecule has 88 valence electrons. The summed E-state index contributed by atoms with van der Waals surface area (Å²) in [4.78, 5) is 23.5. The van der Waals surface area contributed by atoms with Gasteiger partial charge in [0.25, 0.3) is 5.56 Å². The summed E-state index contributed by atoms with van der Waals surface area (Å²) < 4.78 is 2.45. The van der Waals surface area contributed by atoms with Gasteiger partial charge in [0.15, 0.2) is 0 Å². The summed E-state index contributed by atoms with van der Waals surface area (Å²) in [6, 6.07) is 9.40. The van der Waals surface area contributed by atoms with Crippen molar-refractivity contribution in [1.29, 1.82) is 0 Å². The number of benzene rings is 1. The van der Waals surface area contributed by atoms with Crippen LogP contribution in [0.4, 0.5) is 0 Å². The molecule has 5 nitrogen and oxygen atoms in total. The average molecular weight is 231 g/mol. The molecule has 0 aliphatic carbocycles. The number of hydrogen-bond donors (Lipinski definition) is 0. The van der Waals surface area contributed by atoms with Gasteiger partial charge in [-0.2, -0.15) is 5.10 Å². The summed E-state index contributed by atoms with van der Waals surface area (Å²) in [5, 5.41) is 3.77. The Bertz CT molecular complexity index is 614. The smallest absolute Gasteiger partial charge is 0.267 e. The molecule has 5 heteroatoms. The lowest BCUT2D eigenvalue weighted by Gasteiger charge is -2.06. The largest absolute Gasteiger partial charge is 0.347 e. The van der Waals surface area contributed by atoms with E-state index in [1.807, 2.05) is 37.3 Å². The van der Waals surface area contributed by atoms with Gasteiger partial charge in [0.05, 0.1) is 6.54 Å². The molecule has 0 unspecified atom stereocenters. The molecule has 0 saturated carbocycles. The quantitative estimate of drug-likeness (QED) is 0.771. The minimum absolute atomic E-state index is 0.279. The van der Waals surface area contributed by atoms with Crippen molar-refractivity contribution in [2.45, 2.75) is 20.0 Å². The lowest BCUT2D eigenvalue weighted by molar-refractivity contribution is 0.528. The molecule has 2 rings (SSSR count). The average Bonchev–Trinajstić information content (AvgIpc) is 2.36. The molecular weight excluding hydrogens is 218 g/mol. The molecule has 0 bridgehead atoms. The molecule has 0 aliphatic rings. The van der Waals surface area contributed by atoms with Gasteiger partial charge in [-0.3, -0.25) is 9.36 Å². The summed E-state index contributed by atoms with van der Waals surface area (Å²) in [5.74, 6) is 0. The number of aryl methyl sites for hydroxylation is 1. The topological polar surface area (TPSA) is 56.9 Å². The third kappa shape index (κ3) is 2.33. The van der Waals surface area contributed by atoms with E-state index in [2.05, 4.69) is 5.10 Å². The number of rotatable bonds is 3. The number of aromatic nitrogens is 3. The van der Waals surface area contributed by atoms with E-state index in [0.29, 0.717) is 6.54 Å². The molecular formula is C12H13N3O2. The van der Waals surface area contributed by atoms with Crippen LogP contribution in [0.2, 0.25) is 0 Å². The Kier molecular flexibility index (Phi) is 3.18. The van der Waals surface area contributed by atoms with Crippen LogP contribution in [-0.2, 0) is 13.1 Å². The molecule has 1 aromatic heterocycles. The van der Waals surface area contributed by atoms with Crippen molar-refractivity contribution in [2.24, 2.45) is 0 Å². The number of nitrogens with zero attached hydrogens (tertiary/aromatic N) is 3. The van der Waals surface area contributed by atoms with E-state index in [-0.39, 0.29) is 17.8 Å². The highest BCUT2D eigenvalue weighted by Crippen LogP contribution is 1.98. The summed E-state index contributed by atoms with van der Waals surface area (Å²) in [6.07, 6.45) is 1.17. The molecule has 1 heterocycles. The maximum absolute atomic E-state index is 11.9. The minimum atomic E-state index is -0.372. The summed E-state index contributed by atoms with van der Waals surface area (Å²) in [5.41, 5.74) is 0.174. The highest BCUT2D eigenvalue weighted by atomic mass is 16.2.